The molecule has 0 heterocycles. The van der Waals surface area contributed by atoms with Gasteiger partial charge in [0.1, 0.15) is 0 Å². The van der Waals surface area contributed by atoms with Gasteiger partial charge in [-0.1, -0.05) is 55.8 Å². The Morgan fingerprint density at radius 2 is 1.93 bits per heavy atom. The number of benzene rings is 2. The number of hydrogen-bond donors (Lipinski definition) is 1. The molecule has 0 amide bonds. The molecule has 0 spiro atoms. The van der Waals surface area contributed by atoms with Gasteiger partial charge in [0.25, 0.3) is 0 Å². The van der Waals surface area contributed by atoms with Crippen molar-refractivity contribution in [3.63, 3.8) is 0 Å². The number of nitriles is 1. The normalized spacial score (nSPS) is 26.7. The molecule has 2 fully saturated rings. The van der Waals surface area contributed by atoms with Crippen LogP contribution in [0.5, 0.6) is 0 Å². The van der Waals surface area contributed by atoms with Crippen molar-refractivity contribution in [3.05, 3.63) is 82.9 Å². The van der Waals surface area contributed by atoms with E-state index in [0.717, 1.165) is 42.7 Å². The largest absolute Gasteiger partial charge is 0.393 e. The van der Waals surface area contributed by atoms with Crippen LogP contribution in [0.4, 0.5) is 0 Å². The lowest BCUT2D eigenvalue weighted by Crippen LogP contribution is -2.37. The summed E-state index contributed by atoms with van der Waals surface area (Å²) in [5, 5.41) is 20.2. The van der Waals surface area contributed by atoms with E-state index in [1.54, 1.807) is 0 Å². The summed E-state index contributed by atoms with van der Waals surface area (Å²) in [7, 11) is 0. The molecule has 0 aliphatic heterocycles. The number of allylic oxidation sites excluding steroid dienone is 1. The van der Waals surface area contributed by atoms with Crippen LogP contribution in [0, 0.1) is 17.2 Å². The highest BCUT2D eigenvalue weighted by Gasteiger charge is 2.39. The topological polar surface area (TPSA) is 44.0 Å². The monoisotopic (exact) mass is 385 g/mol. The zero-order valence-electron chi connectivity index (χ0n) is 17.4. The molecule has 0 aromatic heterocycles. The highest BCUT2D eigenvalue weighted by atomic mass is 16.3. The quantitative estimate of drug-likeness (QED) is 0.618. The molecule has 2 nitrogen and oxygen atoms in total. The summed E-state index contributed by atoms with van der Waals surface area (Å²) in [6, 6.07) is 17.5. The van der Waals surface area contributed by atoms with Gasteiger partial charge < -0.3 is 5.11 Å². The molecule has 0 saturated heterocycles. The van der Waals surface area contributed by atoms with Crippen LogP contribution < -0.4 is 0 Å². The van der Waals surface area contributed by atoms with E-state index in [4.69, 9.17) is 0 Å². The average Bonchev–Trinajstić information content (AvgIpc) is 3.59. The third-order valence-corrected chi connectivity index (χ3v) is 7.05. The summed E-state index contributed by atoms with van der Waals surface area (Å²) in [6.45, 7) is 6.35. The van der Waals surface area contributed by atoms with Crippen molar-refractivity contribution in [1.82, 2.24) is 0 Å². The lowest BCUT2D eigenvalue weighted by molar-refractivity contribution is 0.0675. The van der Waals surface area contributed by atoms with Crippen LogP contribution >= 0.6 is 0 Å². The Morgan fingerprint density at radius 3 is 2.55 bits per heavy atom. The van der Waals surface area contributed by atoms with Crippen molar-refractivity contribution in [2.45, 2.75) is 69.3 Å². The number of hydrogen-bond acceptors (Lipinski definition) is 2. The van der Waals surface area contributed by atoms with Gasteiger partial charge in [-0.3, -0.25) is 0 Å². The summed E-state index contributed by atoms with van der Waals surface area (Å²) in [6.07, 6.45) is 8.82. The molecule has 2 aromatic rings. The molecule has 0 bridgehead atoms. The average molecular weight is 386 g/mol. The summed E-state index contributed by atoms with van der Waals surface area (Å²) in [5.74, 6) is 1.27. The zero-order valence-corrected chi connectivity index (χ0v) is 17.4. The number of rotatable bonds is 6. The Morgan fingerprint density at radius 1 is 1.17 bits per heavy atom. The van der Waals surface area contributed by atoms with E-state index in [-0.39, 0.29) is 11.5 Å². The van der Waals surface area contributed by atoms with Gasteiger partial charge in [-0.25, -0.2) is 0 Å². The standard InChI is InChI=1S/C27H31NO/c1-3-19-14-26(29)17-27(4-2,16-19)25-12-11-23(18-28)24(15-25)13-20-5-7-21(8-6-20)22-9-10-22/h4-8,11-12,15,19,22,26,29H,2-3,9-10,13-14,16-17H2,1H3. The van der Waals surface area contributed by atoms with Gasteiger partial charge in [-0.15, -0.1) is 6.58 Å². The van der Waals surface area contributed by atoms with E-state index >= 15 is 0 Å². The first kappa shape index (κ1) is 19.9. The van der Waals surface area contributed by atoms with E-state index in [9.17, 15) is 10.4 Å². The van der Waals surface area contributed by atoms with Crippen LogP contribution in [-0.4, -0.2) is 11.2 Å². The highest BCUT2D eigenvalue weighted by molar-refractivity contribution is 5.46. The maximum absolute atomic E-state index is 10.5. The molecule has 0 radical (unpaired) electrons. The van der Waals surface area contributed by atoms with Crippen LogP contribution in [0.25, 0.3) is 0 Å². The van der Waals surface area contributed by atoms with Gasteiger partial charge in [0, 0.05) is 5.41 Å². The predicted octanol–water partition coefficient (Wildman–Crippen LogP) is 6.02. The first-order valence-corrected chi connectivity index (χ1v) is 11.0. The Labute approximate surface area is 174 Å². The number of nitrogens with zero attached hydrogens (tertiary/aromatic N) is 1. The maximum atomic E-state index is 10.5. The highest BCUT2D eigenvalue weighted by Crippen LogP contribution is 2.45. The lowest BCUT2D eigenvalue weighted by Gasteiger charge is -2.42. The second kappa shape index (κ2) is 8.17. The van der Waals surface area contributed by atoms with Gasteiger partial charge in [-0.05, 0) is 78.7 Å². The summed E-state index contributed by atoms with van der Waals surface area (Å²) >= 11 is 0. The number of aliphatic hydroxyl groups is 1. The van der Waals surface area contributed by atoms with Crippen molar-refractivity contribution >= 4 is 0 Å². The van der Waals surface area contributed by atoms with Crippen molar-refractivity contribution in [2.24, 2.45) is 5.92 Å². The van der Waals surface area contributed by atoms with Crippen molar-refractivity contribution < 1.29 is 5.11 Å². The van der Waals surface area contributed by atoms with Crippen LogP contribution in [-0.2, 0) is 11.8 Å². The number of aliphatic hydroxyl groups excluding tert-OH is 1. The second-order valence-corrected chi connectivity index (χ2v) is 9.11. The Balaban J connectivity index is 1.65. The Kier molecular flexibility index (Phi) is 5.61. The smallest absolute Gasteiger partial charge is 0.0994 e. The Hall–Kier alpha value is -2.37. The van der Waals surface area contributed by atoms with E-state index in [0.29, 0.717) is 12.3 Å². The molecular formula is C27H31NO. The van der Waals surface area contributed by atoms with E-state index < -0.39 is 0 Å². The van der Waals surface area contributed by atoms with E-state index in [2.05, 4.69) is 56.0 Å². The molecule has 2 saturated carbocycles. The maximum Gasteiger partial charge on any atom is 0.0994 e. The van der Waals surface area contributed by atoms with Crippen LogP contribution in [0.15, 0.2) is 55.1 Å². The van der Waals surface area contributed by atoms with E-state index in [1.807, 2.05) is 12.1 Å². The summed E-state index contributed by atoms with van der Waals surface area (Å²) in [5.41, 5.74) is 5.47. The molecule has 2 aliphatic rings. The molecule has 3 atom stereocenters. The molecule has 150 valence electrons. The van der Waals surface area contributed by atoms with Gasteiger partial charge in [0.2, 0.25) is 0 Å². The lowest BCUT2D eigenvalue weighted by atomic mass is 9.64. The van der Waals surface area contributed by atoms with Crippen molar-refractivity contribution in [2.75, 3.05) is 0 Å². The second-order valence-electron chi connectivity index (χ2n) is 9.11. The minimum absolute atomic E-state index is 0.211. The SMILES string of the molecule is C=CC1(c2ccc(C#N)c(Cc3ccc(C4CC4)cc3)c2)CC(O)CC(CC)C1. The van der Waals surface area contributed by atoms with E-state index in [1.165, 1.54) is 29.5 Å². The first-order chi connectivity index (χ1) is 14.1. The fraction of sp³-hybridized carbons (Fsp3) is 0.444. The fourth-order valence-corrected chi connectivity index (χ4v) is 5.10. The molecular weight excluding hydrogens is 354 g/mol. The fourth-order valence-electron chi connectivity index (χ4n) is 5.10. The predicted molar refractivity (Wildman–Crippen MR) is 118 cm³/mol. The third-order valence-electron chi connectivity index (χ3n) is 7.05. The molecule has 2 aliphatic carbocycles. The molecule has 29 heavy (non-hydrogen) atoms. The third kappa shape index (κ3) is 4.16. The van der Waals surface area contributed by atoms with Crippen molar-refractivity contribution in [1.29, 1.82) is 5.26 Å². The van der Waals surface area contributed by atoms with Gasteiger partial charge >= 0.3 is 0 Å². The van der Waals surface area contributed by atoms with Crippen LogP contribution in [0.1, 0.15) is 79.2 Å². The Bertz CT molecular complexity index is 919. The summed E-state index contributed by atoms with van der Waals surface area (Å²) in [4.78, 5) is 0. The zero-order chi connectivity index (χ0) is 20.4. The molecule has 1 N–H and O–H groups in total. The van der Waals surface area contributed by atoms with Gasteiger partial charge in [-0.2, -0.15) is 5.26 Å². The van der Waals surface area contributed by atoms with Gasteiger partial charge in [0.15, 0.2) is 0 Å². The molecule has 2 heteroatoms. The minimum atomic E-state index is -0.291. The summed E-state index contributed by atoms with van der Waals surface area (Å²) < 4.78 is 0. The van der Waals surface area contributed by atoms with Crippen LogP contribution in [0.2, 0.25) is 0 Å². The minimum Gasteiger partial charge on any atom is -0.393 e. The molecule has 3 unspecified atom stereocenters. The van der Waals surface area contributed by atoms with Gasteiger partial charge in [0.05, 0.1) is 17.7 Å². The first-order valence-electron chi connectivity index (χ1n) is 11.0. The molecule has 2 aromatic carbocycles. The molecule has 4 rings (SSSR count). The van der Waals surface area contributed by atoms with Crippen LogP contribution in [0.3, 0.4) is 0 Å². The van der Waals surface area contributed by atoms with Crippen molar-refractivity contribution in [3.8, 4) is 6.07 Å².